The van der Waals surface area contributed by atoms with Crippen molar-refractivity contribution in [2.75, 3.05) is 20.7 Å². The summed E-state index contributed by atoms with van der Waals surface area (Å²) in [4.78, 5) is 14.3. The van der Waals surface area contributed by atoms with Crippen molar-refractivity contribution in [1.82, 2.24) is 14.7 Å². The third kappa shape index (κ3) is 3.90. The number of para-hydroxylation sites is 1. The van der Waals surface area contributed by atoms with Gasteiger partial charge < -0.3 is 14.7 Å². The Morgan fingerprint density at radius 2 is 2.13 bits per heavy atom. The highest BCUT2D eigenvalue weighted by Gasteiger charge is 2.22. The summed E-state index contributed by atoms with van der Waals surface area (Å²) in [7, 11) is 5.10. The number of carbonyl (C=O) groups is 1. The van der Waals surface area contributed by atoms with Crippen LogP contribution in [-0.4, -0.2) is 52.5 Å². The lowest BCUT2D eigenvalue weighted by Crippen LogP contribution is -2.29. The van der Waals surface area contributed by atoms with E-state index in [9.17, 15) is 9.90 Å². The number of nitrogens with zero attached hydrogens (tertiary/aromatic N) is 3. The second-order valence-electron chi connectivity index (χ2n) is 5.63. The summed E-state index contributed by atoms with van der Waals surface area (Å²) in [6.07, 6.45) is 1.81. The van der Waals surface area contributed by atoms with Gasteiger partial charge in [0.15, 0.2) is 0 Å². The highest BCUT2D eigenvalue weighted by Crippen LogP contribution is 2.31. The molecule has 0 fully saturated rings. The molecule has 1 heterocycles. The van der Waals surface area contributed by atoms with Gasteiger partial charge in [-0.2, -0.15) is 5.10 Å². The molecule has 1 N–H and O–H groups in total. The fraction of sp³-hybridized carbons (Fsp3) is 0.412. The summed E-state index contributed by atoms with van der Waals surface area (Å²) in [5, 5.41) is 13.8. The quantitative estimate of drug-likeness (QED) is 0.884. The minimum Gasteiger partial charge on any atom is -0.496 e. The number of hydrogen-bond acceptors (Lipinski definition) is 4. The molecular formula is C17H23N3O3. The predicted molar refractivity (Wildman–Crippen MR) is 88.5 cm³/mol. The Labute approximate surface area is 136 Å². The maximum Gasteiger partial charge on any atom is 0.257 e. The Hall–Kier alpha value is -2.34. The van der Waals surface area contributed by atoms with Crippen LogP contribution in [0.15, 0.2) is 30.5 Å². The summed E-state index contributed by atoms with van der Waals surface area (Å²) in [6, 6.07) is 7.49. The molecule has 0 aliphatic carbocycles. The molecule has 23 heavy (non-hydrogen) atoms. The standard InChI is InChI=1S/C17H23N3O3/c1-12(21)9-10-19(2)17(22)14-11-20(3)18-16(14)13-7-5-6-8-15(13)23-4/h5-8,11-12,21H,9-10H2,1-4H3. The second-order valence-corrected chi connectivity index (χ2v) is 5.63. The Balaban J connectivity index is 2.35. The van der Waals surface area contributed by atoms with Crippen molar-refractivity contribution in [2.24, 2.45) is 7.05 Å². The molecule has 0 radical (unpaired) electrons. The average molecular weight is 317 g/mol. The highest BCUT2D eigenvalue weighted by atomic mass is 16.5. The van der Waals surface area contributed by atoms with Gasteiger partial charge >= 0.3 is 0 Å². The molecule has 1 aromatic heterocycles. The Bertz CT molecular complexity index is 679. The first kappa shape index (κ1) is 17.0. The van der Waals surface area contributed by atoms with Gasteiger partial charge in [-0.1, -0.05) is 12.1 Å². The van der Waals surface area contributed by atoms with E-state index in [4.69, 9.17) is 4.74 Å². The smallest absolute Gasteiger partial charge is 0.257 e. The third-order valence-electron chi connectivity index (χ3n) is 3.65. The molecule has 0 saturated carbocycles. The van der Waals surface area contributed by atoms with Gasteiger partial charge in [0.1, 0.15) is 11.4 Å². The van der Waals surface area contributed by atoms with E-state index >= 15 is 0 Å². The molecule has 124 valence electrons. The average Bonchev–Trinajstić information content (AvgIpc) is 2.93. The number of aliphatic hydroxyl groups is 1. The minimum atomic E-state index is -0.437. The summed E-state index contributed by atoms with van der Waals surface area (Å²) < 4.78 is 7.00. The fourth-order valence-electron chi connectivity index (χ4n) is 2.37. The Morgan fingerprint density at radius 1 is 1.43 bits per heavy atom. The zero-order chi connectivity index (χ0) is 17.0. The molecule has 1 aromatic carbocycles. The Morgan fingerprint density at radius 3 is 2.78 bits per heavy atom. The number of aryl methyl sites for hydroxylation is 1. The van der Waals surface area contributed by atoms with Crippen molar-refractivity contribution < 1.29 is 14.6 Å². The molecule has 1 atom stereocenters. The van der Waals surface area contributed by atoms with Gasteiger partial charge in [-0.3, -0.25) is 9.48 Å². The van der Waals surface area contributed by atoms with Crippen molar-refractivity contribution in [2.45, 2.75) is 19.4 Å². The maximum atomic E-state index is 12.7. The zero-order valence-corrected chi connectivity index (χ0v) is 14.0. The van der Waals surface area contributed by atoms with Gasteiger partial charge in [-0.05, 0) is 25.5 Å². The van der Waals surface area contributed by atoms with Crippen LogP contribution in [0.1, 0.15) is 23.7 Å². The van der Waals surface area contributed by atoms with Gasteiger partial charge in [0.25, 0.3) is 5.91 Å². The first-order valence-electron chi connectivity index (χ1n) is 7.54. The summed E-state index contributed by atoms with van der Waals surface area (Å²) in [5.74, 6) is 0.548. The molecule has 6 nitrogen and oxygen atoms in total. The number of aromatic nitrogens is 2. The molecule has 0 bridgehead atoms. The molecule has 2 aromatic rings. The van der Waals surface area contributed by atoms with E-state index in [1.54, 1.807) is 43.9 Å². The van der Waals surface area contributed by atoms with Crippen LogP contribution in [0, 0.1) is 0 Å². The molecule has 0 saturated heterocycles. The van der Waals surface area contributed by atoms with Gasteiger partial charge in [-0.15, -0.1) is 0 Å². The van der Waals surface area contributed by atoms with Gasteiger partial charge in [0.05, 0.1) is 18.8 Å². The number of hydrogen-bond donors (Lipinski definition) is 1. The van der Waals surface area contributed by atoms with Gasteiger partial charge in [0, 0.05) is 32.4 Å². The Kier molecular flexibility index (Phi) is 5.39. The number of carbonyl (C=O) groups excluding carboxylic acids is 1. The summed E-state index contributed by atoms with van der Waals surface area (Å²) in [5.41, 5.74) is 1.90. The fourth-order valence-corrected chi connectivity index (χ4v) is 2.37. The number of amides is 1. The van der Waals surface area contributed by atoms with Crippen LogP contribution in [0.25, 0.3) is 11.3 Å². The van der Waals surface area contributed by atoms with Crippen LogP contribution in [0.5, 0.6) is 5.75 Å². The molecule has 6 heteroatoms. The van der Waals surface area contributed by atoms with Gasteiger partial charge in [0.2, 0.25) is 0 Å². The number of benzene rings is 1. The van der Waals surface area contributed by atoms with Crippen molar-refractivity contribution in [3.05, 3.63) is 36.0 Å². The lowest BCUT2D eigenvalue weighted by Gasteiger charge is -2.18. The molecule has 1 amide bonds. The van der Waals surface area contributed by atoms with E-state index < -0.39 is 6.10 Å². The lowest BCUT2D eigenvalue weighted by atomic mass is 10.1. The number of methoxy groups -OCH3 is 1. The predicted octanol–water partition coefficient (Wildman–Crippen LogP) is 1.94. The van der Waals surface area contributed by atoms with E-state index in [-0.39, 0.29) is 5.91 Å². The van der Waals surface area contributed by atoms with E-state index in [1.807, 2.05) is 24.3 Å². The first-order valence-corrected chi connectivity index (χ1v) is 7.54. The number of rotatable bonds is 6. The lowest BCUT2D eigenvalue weighted by molar-refractivity contribution is 0.0769. The van der Waals surface area contributed by atoms with Crippen LogP contribution in [0.4, 0.5) is 0 Å². The molecule has 0 spiro atoms. The maximum absolute atomic E-state index is 12.7. The van der Waals surface area contributed by atoms with Crippen LogP contribution in [-0.2, 0) is 7.05 Å². The van der Waals surface area contributed by atoms with E-state index in [0.717, 1.165) is 5.56 Å². The monoisotopic (exact) mass is 317 g/mol. The van der Waals surface area contributed by atoms with E-state index in [1.165, 1.54) is 0 Å². The molecule has 0 aliphatic heterocycles. The van der Waals surface area contributed by atoms with Crippen LogP contribution in [0.3, 0.4) is 0 Å². The van der Waals surface area contributed by atoms with Crippen LogP contribution < -0.4 is 4.74 Å². The van der Waals surface area contributed by atoms with Crippen molar-refractivity contribution in [3.8, 4) is 17.0 Å². The highest BCUT2D eigenvalue weighted by molar-refractivity contribution is 6.00. The van der Waals surface area contributed by atoms with Crippen LogP contribution >= 0.6 is 0 Å². The summed E-state index contributed by atoms with van der Waals surface area (Å²) >= 11 is 0. The SMILES string of the molecule is COc1ccccc1-c1nn(C)cc1C(=O)N(C)CCC(C)O. The molecule has 0 aliphatic rings. The molecule has 2 rings (SSSR count). The third-order valence-corrected chi connectivity index (χ3v) is 3.65. The van der Waals surface area contributed by atoms with Crippen LogP contribution in [0.2, 0.25) is 0 Å². The first-order chi connectivity index (χ1) is 10.9. The van der Waals surface area contributed by atoms with Crippen molar-refractivity contribution >= 4 is 5.91 Å². The largest absolute Gasteiger partial charge is 0.496 e. The number of ether oxygens (including phenoxy) is 1. The molecular weight excluding hydrogens is 294 g/mol. The minimum absolute atomic E-state index is 0.125. The van der Waals surface area contributed by atoms with E-state index in [0.29, 0.717) is 30.0 Å². The van der Waals surface area contributed by atoms with E-state index in [2.05, 4.69) is 5.10 Å². The second kappa shape index (κ2) is 7.28. The molecule has 1 unspecified atom stereocenters. The van der Waals surface area contributed by atoms with Gasteiger partial charge in [-0.25, -0.2) is 0 Å². The number of aliphatic hydroxyl groups excluding tert-OH is 1. The van der Waals surface area contributed by atoms with Crippen molar-refractivity contribution in [3.63, 3.8) is 0 Å². The topological polar surface area (TPSA) is 67.6 Å². The normalized spacial score (nSPS) is 12.0. The summed E-state index contributed by atoms with van der Waals surface area (Å²) in [6.45, 7) is 2.19. The van der Waals surface area contributed by atoms with Crippen molar-refractivity contribution in [1.29, 1.82) is 0 Å². The zero-order valence-electron chi connectivity index (χ0n) is 14.0.